The van der Waals surface area contributed by atoms with Gasteiger partial charge in [0.2, 0.25) is 0 Å². The lowest BCUT2D eigenvalue weighted by molar-refractivity contribution is -0.117. The van der Waals surface area contributed by atoms with Gasteiger partial charge in [0.1, 0.15) is 17.3 Å². The number of para-hydroxylation sites is 1. The van der Waals surface area contributed by atoms with Crippen LogP contribution in [0.3, 0.4) is 0 Å². The molecule has 4 aromatic rings. The van der Waals surface area contributed by atoms with Gasteiger partial charge in [0.25, 0.3) is 5.91 Å². The molecule has 0 saturated heterocycles. The Hall–Kier alpha value is -4.50. The van der Waals surface area contributed by atoms with E-state index in [-0.39, 0.29) is 5.57 Å². The van der Waals surface area contributed by atoms with Gasteiger partial charge in [-0.3, -0.25) is 9.78 Å². The summed E-state index contributed by atoms with van der Waals surface area (Å²) < 4.78 is 1.74. The Morgan fingerprint density at radius 3 is 2.38 bits per heavy atom. The van der Waals surface area contributed by atoms with Crippen LogP contribution in [0.4, 0.5) is 0 Å². The molecule has 0 bridgehead atoms. The number of hydrogen-bond acceptors (Lipinski definition) is 4. The van der Waals surface area contributed by atoms with Crippen molar-refractivity contribution in [2.24, 2.45) is 0 Å². The zero-order valence-electron chi connectivity index (χ0n) is 17.3. The Morgan fingerprint density at radius 2 is 1.69 bits per heavy atom. The number of benzene rings is 2. The molecule has 0 aliphatic heterocycles. The first-order valence-electron chi connectivity index (χ1n) is 10.2. The second-order valence-electron chi connectivity index (χ2n) is 7.11. The number of nitriles is 1. The molecule has 2 heterocycles. The summed E-state index contributed by atoms with van der Waals surface area (Å²) in [5.74, 6) is -0.406. The number of rotatable bonds is 7. The van der Waals surface area contributed by atoms with E-state index >= 15 is 0 Å². The molecular formula is C26H21N5O. The molecular weight excluding hydrogens is 398 g/mol. The molecule has 0 saturated carbocycles. The SMILES string of the molecule is N#C/C(=C\c1cn(-c2ccccc2)nc1-c1ccncc1)C(=O)NCCc1ccccc1. The van der Waals surface area contributed by atoms with Gasteiger partial charge in [0, 0.05) is 36.3 Å². The van der Waals surface area contributed by atoms with Crippen molar-refractivity contribution < 1.29 is 4.79 Å². The maximum atomic E-state index is 12.7. The summed E-state index contributed by atoms with van der Waals surface area (Å²) in [5, 5.41) is 17.2. The van der Waals surface area contributed by atoms with Gasteiger partial charge in [-0.1, -0.05) is 48.5 Å². The van der Waals surface area contributed by atoms with Crippen LogP contribution in [-0.2, 0) is 11.2 Å². The monoisotopic (exact) mass is 419 g/mol. The molecule has 0 unspecified atom stereocenters. The summed E-state index contributed by atoms with van der Waals surface area (Å²) in [7, 11) is 0. The zero-order valence-corrected chi connectivity index (χ0v) is 17.3. The van der Waals surface area contributed by atoms with Gasteiger partial charge < -0.3 is 5.32 Å². The molecule has 1 N–H and O–H groups in total. The largest absolute Gasteiger partial charge is 0.351 e. The van der Waals surface area contributed by atoms with Gasteiger partial charge in [0.15, 0.2) is 0 Å². The van der Waals surface area contributed by atoms with Crippen LogP contribution in [0.25, 0.3) is 23.0 Å². The number of carbonyl (C=O) groups excluding carboxylic acids is 1. The highest BCUT2D eigenvalue weighted by Crippen LogP contribution is 2.25. The molecule has 1 amide bonds. The van der Waals surface area contributed by atoms with E-state index in [1.165, 1.54) is 0 Å². The van der Waals surface area contributed by atoms with Crippen molar-refractivity contribution >= 4 is 12.0 Å². The number of hydrogen-bond donors (Lipinski definition) is 1. The number of pyridine rings is 1. The van der Waals surface area contributed by atoms with Crippen LogP contribution in [0.5, 0.6) is 0 Å². The van der Waals surface area contributed by atoms with Crippen molar-refractivity contribution in [3.8, 4) is 23.0 Å². The number of nitrogens with one attached hydrogen (secondary N) is 1. The molecule has 6 nitrogen and oxygen atoms in total. The summed E-state index contributed by atoms with van der Waals surface area (Å²) in [6, 6.07) is 25.3. The lowest BCUT2D eigenvalue weighted by Gasteiger charge is -2.05. The number of carbonyl (C=O) groups is 1. The van der Waals surface area contributed by atoms with Crippen molar-refractivity contribution in [1.82, 2.24) is 20.1 Å². The molecule has 0 aliphatic carbocycles. The van der Waals surface area contributed by atoms with Crippen LogP contribution in [0.15, 0.2) is 97.0 Å². The van der Waals surface area contributed by atoms with E-state index in [4.69, 9.17) is 5.10 Å². The minimum atomic E-state index is -0.406. The van der Waals surface area contributed by atoms with Crippen LogP contribution in [0.2, 0.25) is 0 Å². The second-order valence-corrected chi connectivity index (χ2v) is 7.11. The Morgan fingerprint density at radius 1 is 1.00 bits per heavy atom. The van der Waals surface area contributed by atoms with Crippen molar-refractivity contribution in [1.29, 1.82) is 5.26 Å². The van der Waals surface area contributed by atoms with Crippen molar-refractivity contribution in [2.45, 2.75) is 6.42 Å². The molecule has 4 rings (SSSR count). The lowest BCUT2D eigenvalue weighted by Crippen LogP contribution is -2.26. The summed E-state index contributed by atoms with van der Waals surface area (Å²) >= 11 is 0. The van der Waals surface area contributed by atoms with Crippen LogP contribution >= 0.6 is 0 Å². The third kappa shape index (κ3) is 4.97. The topological polar surface area (TPSA) is 83.6 Å². The van der Waals surface area contributed by atoms with E-state index in [0.29, 0.717) is 24.2 Å². The van der Waals surface area contributed by atoms with Crippen LogP contribution < -0.4 is 5.32 Å². The maximum absolute atomic E-state index is 12.7. The summed E-state index contributed by atoms with van der Waals surface area (Å²) in [5.41, 5.74) is 4.23. The van der Waals surface area contributed by atoms with Gasteiger partial charge in [-0.2, -0.15) is 10.4 Å². The Balaban J connectivity index is 1.60. The molecule has 0 fully saturated rings. The van der Waals surface area contributed by atoms with Gasteiger partial charge in [-0.25, -0.2) is 4.68 Å². The molecule has 156 valence electrons. The van der Waals surface area contributed by atoms with Crippen LogP contribution in [-0.4, -0.2) is 27.2 Å². The molecule has 0 aliphatic rings. The third-order valence-corrected chi connectivity index (χ3v) is 4.92. The first-order valence-corrected chi connectivity index (χ1v) is 10.2. The van der Waals surface area contributed by atoms with Crippen molar-refractivity contribution in [2.75, 3.05) is 6.54 Å². The standard InChI is InChI=1S/C26H21N5O/c27-18-22(26(32)29-16-11-20-7-3-1-4-8-20)17-23-19-31(24-9-5-2-6-10-24)30-25(23)21-12-14-28-15-13-21/h1-10,12-15,17,19H,11,16H2,(H,29,32)/b22-17+. The highest BCUT2D eigenvalue weighted by Gasteiger charge is 2.15. The van der Waals surface area contributed by atoms with Gasteiger partial charge in [-0.05, 0) is 42.3 Å². The third-order valence-electron chi connectivity index (χ3n) is 4.92. The first kappa shape index (κ1) is 20.8. The van der Waals surface area contributed by atoms with E-state index in [1.807, 2.05) is 85.1 Å². The predicted octanol–water partition coefficient (Wildman–Crippen LogP) is 4.20. The number of nitrogens with zero attached hydrogens (tertiary/aromatic N) is 4. The van der Waals surface area contributed by atoms with Crippen LogP contribution in [0, 0.1) is 11.3 Å². The second kappa shape index (κ2) is 10.0. The minimum Gasteiger partial charge on any atom is -0.351 e. The first-order chi connectivity index (χ1) is 15.7. The van der Waals surface area contributed by atoms with Gasteiger partial charge >= 0.3 is 0 Å². The Bertz CT molecular complexity index is 1260. The zero-order chi connectivity index (χ0) is 22.2. The fraction of sp³-hybridized carbons (Fsp3) is 0.0769. The van der Waals surface area contributed by atoms with Crippen molar-refractivity contribution in [3.05, 3.63) is 108 Å². The molecule has 6 heteroatoms. The highest BCUT2D eigenvalue weighted by atomic mass is 16.1. The smallest absolute Gasteiger partial charge is 0.261 e. The lowest BCUT2D eigenvalue weighted by atomic mass is 10.1. The maximum Gasteiger partial charge on any atom is 0.261 e. The van der Waals surface area contributed by atoms with E-state index in [9.17, 15) is 10.1 Å². The van der Waals surface area contributed by atoms with Gasteiger partial charge in [0.05, 0.1) is 5.69 Å². The van der Waals surface area contributed by atoms with Crippen molar-refractivity contribution in [3.63, 3.8) is 0 Å². The summed E-state index contributed by atoms with van der Waals surface area (Å²) in [6.45, 7) is 0.447. The van der Waals surface area contributed by atoms with E-state index in [2.05, 4.69) is 10.3 Å². The van der Waals surface area contributed by atoms with E-state index in [1.54, 1.807) is 23.2 Å². The molecule has 2 aromatic carbocycles. The molecule has 0 atom stereocenters. The minimum absolute atomic E-state index is 0.0287. The number of aromatic nitrogens is 3. The quantitative estimate of drug-likeness (QED) is 0.359. The molecule has 2 aromatic heterocycles. The average molecular weight is 419 g/mol. The summed E-state index contributed by atoms with van der Waals surface area (Å²) in [6.07, 6.45) is 7.47. The van der Waals surface area contributed by atoms with E-state index in [0.717, 1.165) is 16.8 Å². The molecule has 0 spiro atoms. The summed E-state index contributed by atoms with van der Waals surface area (Å²) in [4.78, 5) is 16.7. The fourth-order valence-electron chi connectivity index (χ4n) is 3.30. The highest BCUT2D eigenvalue weighted by molar-refractivity contribution is 6.02. The van der Waals surface area contributed by atoms with Gasteiger partial charge in [-0.15, -0.1) is 0 Å². The fourth-order valence-corrected chi connectivity index (χ4v) is 3.30. The molecule has 32 heavy (non-hydrogen) atoms. The normalized spacial score (nSPS) is 11.0. The average Bonchev–Trinajstić information content (AvgIpc) is 3.28. The number of amides is 1. The van der Waals surface area contributed by atoms with E-state index < -0.39 is 5.91 Å². The Kier molecular flexibility index (Phi) is 6.49. The molecule has 0 radical (unpaired) electrons. The van der Waals surface area contributed by atoms with Crippen LogP contribution in [0.1, 0.15) is 11.1 Å². The Labute approximate surface area is 186 Å². The predicted molar refractivity (Wildman–Crippen MR) is 124 cm³/mol.